The topological polar surface area (TPSA) is 173 Å². The largest absolute Gasteiger partial charge is 0.478 e. The number of rotatable bonds is 8. The van der Waals surface area contributed by atoms with Crippen molar-refractivity contribution in [2.75, 3.05) is 9.44 Å². The van der Waals surface area contributed by atoms with Crippen LogP contribution in [0.4, 0.5) is 17.1 Å². The molecule has 0 aliphatic rings. The van der Waals surface area contributed by atoms with Crippen molar-refractivity contribution < 1.29 is 31.7 Å². The van der Waals surface area contributed by atoms with Gasteiger partial charge in [0.25, 0.3) is 25.7 Å². The van der Waals surface area contributed by atoms with Crippen molar-refractivity contribution in [2.45, 2.75) is 9.79 Å². The van der Waals surface area contributed by atoms with Crippen molar-refractivity contribution in [2.24, 2.45) is 0 Å². The maximum Gasteiger partial charge on any atom is 0.337 e. The number of nitro benzene ring substituents is 1. The molecule has 166 valence electrons. The smallest absolute Gasteiger partial charge is 0.337 e. The molecule has 0 saturated carbocycles. The Kier molecular flexibility index (Phi) is 6.13. The number of carboxylic acid groups (broad SMARTS) is 1. The van der Waals surface area contributed by atoms with Gasteiger partial charge >= 0.3 is 5.97 Å². The molecule has 0 fully saturated rings. The molecular weight excluding hydrogens is 462 g/mol. The molecule has 3 N–H and O–H groups in total. The normalized spacial score (nSPS) is 11.5. The van der Waals surface area contributed by atoms with E-state index in [1.807, 2.05) is 0 Å². The lowest BCUT2D eigenvalue weighted by molar-refractivity contribution is -0.387. The molecule has 0 aromatic heterocycles. The van der Waals surface area contributed by atoms with Crippen molar-refractivity contribution in [3.8, 4) is 0 Å². The SMILES string of the molecule is O=C(O)c1ccccc1NS(=O)(=O)c1cccc(NS(=O)(=O)c2ccccc2[N+](=O)[O-])c1. The molecule has 3 rings (SSSR count). The first-order valence-corrected chi connectivity index (χ1v) is 11.7. The Morgan fingerprint density at radius 1 is 0.844 bits per heavy atom. The third kappa shape index (κ3) is 4.84. The number of anilines is 2. The lowest BCUT2D eigenvalue weighted by atomic mass is 10.2. The minimum atomic E-state index is -4.41. The second kappa shape index (κ2) is 8.64. The van der Waals surface area contributed by atoms with Crippen LogP contribution in [0.15, 0.2) is 82.6 Å². The molecule has 0 spiro atoms. The van der Waals surface area contributed by atoms with Gasteiger partial charge in [0.1, 0.15) is 0 Å². The van der Waals surface area contributed by atoms with Crippen LogP contribution < -0.4 is 9.44 Å². The molecular formula is C19H15N3O8S2. The van der Waals surface area contributed by atoms with Gasteiger partial charge in [-0.25, -0.2) is 21.6 Å². The van der Waals surface area contributed by atoms with Crippen LogP contribution in [-0.2, 0) is 20.0 Å². The number of nitrogens with zero attached hydrogens (tertiary/aromatic N) is 1. The predicted octanol–water partition coefficient (Wildman–Crippen LogP) is 2.89. The molecule has 0 aliphatic heterocycles. The van der Waals surface area contributed by atoms with Gasteiger partial charge in [0, 0.05) is 6.07 Å². The number of hydrogen-bond acceptors (Lipinski definition) is 7. The summed E-state index contributed by atoms with van der Waals surface area (Å²) in [5.74, 6) is -1.34. The molecule has 11 nitrogen and oxygen atoms in total. The van der Waals surface area contributed by atoms with E-state index in [0.29, 0.717) is 0 Å². The third-order valence-corrected chi connectivity index (χ3v) is 6.94. The summed E-state index contributed by atoms with van der Waals surface area (Å²) in [7, 11) is -8.70. The lowest BCUT2D eigenvalue weighted by Gasteiger charge is -2.12. The van der Waals surface area contributed by atoms with E-state index >= 15 is 0 Å². The van der Waals surface area contributed by atoms with Gasteiger partial charge in [0.15, 0.2) is 4.90 Å². The molecule has 32 heavy (non-hydrogen) atoms. The zero-order chi connectivity index (χ0) is 23.5. The molecule has 13 heteroatoms. The highest BCUT2D eigenvalue weighted by Gasteiger charge is 2.26. The van der Waals surface area contributed by atoms with E-state index in [2.05, 4.69) is 9.44 Å². The average Bonchev–Trinajstić information content (AvgIpc) is 2.73. The first-order chi connectivity index (χ1) is 15.0. The van der Waals surface area contributed by atoms with Crippen molar-refractivity contribution >= 4 is 43.1 Å². The van der Waals surface area contributed by atoms with Crippen LogP contribution in [0.2, 0.25) is 0 Å². The summed E-state index contributed by atoms with van der Waals surface area (Å²) in [6, 6.07) is 14.8. The Labute approximate surface area is 182 Å². The van der Waals surface area contributed by atoms with Crippen LogP contribution in [0.5, 0.6) is 0 Å². The zero-order valence-electron chi connectivity index (χ0n) is 16.0. The monoisotopic (exact) mass is 477 g/mol. The minimum Gasteiger partial charge on any atom is -0.478 e. The Morgan fingerprint density at radius 3 is 2.19 bits per heavy atom. The molecule has 3 aromatic rings. The van der Waals surface area contributed by atoms with Gasteiger partial charge in [0.05, 0.1) is 26.8 Å². The summed E-state index contributed by atoms with van der Waals surface area (Å²) in [5, 5.41) is 20.4. The lowest BCUT2D eigenvalue weighted by Crippen LogP contribution is -2.17. The number of nitro groups is 1. The number of sulfonamides is 2. The number of carbonyl (C=O) groups is 1. The number of benzene rings is 3. The van der Waals surface area contributed by atoms with E-state index in [0.717, 1.165) is 18.2 Å². The molecule has 0 atom stereocenters. The fraction of sp³-hybridized carbons (Fsp3) is 0. The van der Waals surface area contributed by atoms with Crippen LogP contribution in [0, 0.1) is 10.1 Å². The fourth-order valence-corrected chi connectivity index (χ4v) is 5.08. The van der Waals surface area contributed by atoms with Crippen LogP contribution in [0.3, 0.4) is 0 Å². The quantitative estimate of drug-likeness (QED) is 0.328. The minimum absolute atomic E-state index is 0.169. The number of para-hydroxylation sites is 2. The van der Waals surface area contributed by atoms with Gasteiger partial charge in [-0.3, -0.25) is 19.6 Å². The molecule has 0 amide bonds. The maximum atomic E-state index is 12.7. The number of nitrogens with one attached hydrogen (secondary N) is 2. The molecule has 0 radical (unpaired) electrons. The highest BCUT2D eigenvalue weighted by atomic mass is 32.2. The highest BCUT2D eigenvalue weighted by molar-refractivity contribution is 7.93. The highest BCUT2D eigenvalue weighted by Crippen LogP contribution is 2.27. The summed E-state index contributed by atoms with van der Waals surface area (Å²) in [6.45, 7) is 0. The van der Waals surface area contributed by atoms with E-state index in [4.69, 9.17) is 0 Å². The molecule has 0 bridgehead atoms. The molecule has 0 aliphatic carbocycles. The summed E-state index contributed by atoms with van der Waals surface area (Å²) in [5.41, 5.74) is -1.26. The summed E-state index contributed by atoms with van der Waals surface area (Å²) < 4.78 is 55.1. The van der Waals surface area contributed by atoms with Crippen LogP contribution in [-0.4, -0.2) is 32.8 Å². The number of aromatic carboxylic acids is 1. The Hall–Kier alpha value is -3.97. The summed E-state index contributed by atoms with van der Waals surface area (Å²) >= 11 is 0. The van der Waals surface area contributed by atoms with Gasteiger partial charge in [0.2, 0.25) is 0 Å². The number of hydrogen-bond donors (Lipinski definition) is 3. The average molecular weight is 477 g/mol. The van der Waals surface area contributed by atoms with Gasteiger partial charge < -0.3 is 5.11 Å². The van der Waals surface area contributed by atoms with Crippen LogP contribution in [0.25, 0.3) is 0 Å². The molecule has 0 heterocycles. The zero-order valence-corrected chi connectivity index (χ0v) is 17.6. The maximum absolute atomic E-state index is 12.7. The fourth-order valence-electron chi connectivity index (χ4n) is 2.73. The predicted molar refractivity (Wildman–Crippen MR) is 115 cm³/mol. The van der Waals surface area contributed by atoms with Crippen LogP contribution >= 0.6 is 0 Å². The first-order valence-electron chi connectivity index (χ1n) is 8.73. The van der Waals surface area contributed by atoms with Gasteiger partial charge in [-0.15, -0.1) is 0 Å². The summed E-state index contributed by atoms with van der Waals surface area (Å²) in [6.07, 6.45) is 0. The second-order valence-electron chi connectivity index (χ2n) is 6.31. The first kappa shape index (κ1) is 22.7. The second-order valence-corrected chi connectivity index (χ2v) is 9.65. The van der Waals surface area contributed by atoms with E-state index < -0.39 is 41.5 Å². The third-order valence-electron chi connectivity index (χ3n) is 4.15. The van der Waals surface area contributed by atoms with Gasteiger partial charge in [-0.2, -0.15) is 0 Å². The molecule has 3 aromatic carbocycles. The Balaban J connectivity index is 1.94. The van der Waals surface area contributed by atoms with Gasteiger partial charge in [-0.05, 0) is 36.4 Å². The number of carboxylic acids is 1. The van der Waals surface area contributed by atoms with Crippen molar-refractivity contribution in [3.63, 3.8) is 0 Å². The standard InChI is InChI=1S/C19H15N3O8S2/c23-19(24)15-8-1-2-9-16(15)21-31(27,28)14-7-5-6-13(12-14)20-32(29,30)18-11-4-3-10-17(18)22(25)26/h1-12,20-21H,(H,23,24). The van der Waals surface area contributed by atoms with Crippen molar-refractivity contribution in [3.05, 3.63) is 88.5 Å². The Bertz CT molecular complexity index is 1420. The summed E-state index contributed by atoms with van der Waals surface area (Å²) in [4.78, 5) is 20.6. The molecule has 0 unspecified atom stereocenters. The van der Waals surface area contributed by atoms with Crippen molar-refractivity contribution in [1.82, 2.24) is 0 Å². The van der Waals surface area contributed by atoms with E-state index in [1.165, 1.54) is 54.6 Å². The van der Waals surface area contributed by atoms with E-state index in [9.17, 15) is 36.9 Å². The van der Waals surface area contributed by atoms with Gasteiger partial charge in [-0.1, -0.05) is 30.3 Å². The molecule has 0 saturated heterocycles. The van der Waals surface area contributed by atoms with Crippen LogP contribution in [0.1, 0.15) is 10.4 Å². The Morgan fingerprint density at radius 2 is 1.50 bits per heavy atom. The van der Waals surface area contributed by atoms with E-state index in [1.54, 1.807) is 0 Å². The van der Waals surface area contributed by atoms with Crippen molar-refractivity contribution in [1.29, 1.82) is 0 Å². The van der Waals surface area contributed by atoms with E-state index in [-0.39, 0.29) is 21.8 Å².